The summed E-state index contributed by atoms with van der Waals surface area (Å²) in [5.74, 6) is 0. The van der Waals surface area contributed by atoms with Gasteiger partial charge in [-0.05, 0) is 14.0 Å². The molecule has 0 aromatic carbocycles. The van der Waals surface area contributed by atoms with E-state index in [9.17, 15) is 0 Å². The van der Waals surface area contributed by atoms with Crippen molar-refractivity contribution in [1.82, 2.24) is 15.5 Å². The van der Waals surface area contributed by atoms with Crippen molar-refractivity contribution in [2.75, 3.05) is 20.8 Å². The first-order chi connectivity index (χ1) is 6.27. The van der Waals surface area contributed by atoms with Crippen molar-refractivity contribution in [2.45, 2.75) is 19.4 Å². The predicted molar refractivity (Wildman–Crippen MR) is 53.0 cm³/mol. The molecule has 1 rings (SSSR count). The van der Waals surface area contributed by atoms with Gasteiger partial charge in [-0.3, -0.25) is 0 Å². The molecule has 1 aromatic heterocycles. The molecule has 4 nitrogen and oxygen atoms in total. The van der Waals surface area contributed by atoms with Gasteiger partial charge in [0.2, 0.25) is 0 Å². The minimum absolute atomic E-state index is 0.286. The Hall–Kier alpha value is -0.520. The van der Waals surface area contributed by atoms with Gasteiger partial charge in [0, 0.05) is 13.5 Å². The quantitative estimate of drug-likeness (QED) is 0.772. The van der Waals surface area contributed by atoms with Crippen molar-refractivity contribution < 1.29 is 4.74 Å². The number of aromatic nitrogens is 2. The fraction of sp³-hybridized carbons (Fsp3) is 0.750. The van der Waals surface area contributed by atoms with Gasteiger partial charge in [-0.25, -0.2) is 0 Å². The maximum absolute atomic E-state index is 4.97. The third kappa shape index (κ3) is 3.02. The summed E-state index contributed by atoms with van der Waals surface area (Å²) in [5.41, 5.74) is 0. The minimum Gasteiger partial charge on any atom is -0.384 e. The highest BCUT2D eigenvalue weighted by atomic mass is 32.1. The monoisotopic (exact) mass is 201 g/mol. The molecular formula is C8H15N3OS. The lowest BCUT2D eigenvalue weighted by atomic mass is 10.4. The van der Waals surface area contributed by atoms with Crippen molar-refractivity contribution in [1.29, 1.82) is 0 Å². The van der Waals surface area contributed by atoms with Crippen molar-refractivity contribution >= 4 is 11.3 Å². The van der Waals surface area contributed by atoms with E-state index >= 15 is 0 Å². The predicted octanol–water partition coefficient (Wildman–Crippen LogP) is 1.01. The van der Waals surface area contributed by atoms with Gasteiger partial charge < -0.3 is 10.1 Å². The fourth-order valence-electron chi connectivity index (χ4n) is 0.855. The molecule has 0 saturated heterocycles. The van der Waals surface area contributed by atoms with E-state index in [1.54, 1.807) is 18.4 Å². The summed E-state index contributed by atoms with van der Waals surface area (Å²) in [5, 5.41) is 13.4. The van der Waals surface area contributed by atoms with Crippen LogP contribution in [0.1, 0.15) is 23.0 Å². The first-order valence-electron chi connectivity index (χ1n) is 4.26. The van der Waals surface area contributed by atoms with Crippen LogP contribution in [0.3, 0.4) is 0 Å². The maximum Gasteiger partial charge on any atom is 0.134 e. The van der Waals surface area contributed by atoms with E-state index < -0.39 is 0 Å². The van der Waals surface area contributed by atoms with Gasteiger partial charge in [0.25, 0.3) is 0 Å². The summed E-state index contributed by atoms with van der Waals surface area (Å²) in [4.78, 5) is 0. The average molecular weight is 201 g/mol. The lowest BCUT2D eigenvalue weighted by Crippen LogP contribution is -2.11. The zero-order valence-corrected chi connectivity index (χ0v) is 9.02. The molecule has 1 atom stereocenters. The number of nitrogens with one attached hydrogen (secondary N) is 1. The van der Waals surface area contributed by atoms with Gasteiger partial charge in [0.15, 0.2) is 0 Å². The Morgan fingerprint density at radius 3 is 2.92 bits per heavy atom. The largest absolute Gasteiger partial charge is 0.384 e. The summed E-state index contributed by atoms with van der Waals surface area (Å²) >= 11 is 1.64. The molecular weight excluding hydrogens is 186 g/mol. The molecule has 1 aromatic rings. The lowest BCUT2D eigenvalue weighted by molar-refractivity contribution is 0.202. The summed E-state index contributed by atoms with van der Waals surface area (Å²) in [6.45, 7) is 2.78. The summed E-state index contributed by atoms with van der Waals surface area (Å²) in [7, 11) is 3.61. The fourth-order valence-corrected chi connectivity index (χ4v) is 1.74. The van der Waals surface area contributed by atoms with E-state index in [0.717, 1.165) is 16.4 Å². The second-order valence-corrected chi connectivity index (χ2v) is 3.88. The van der Waals surface area contributed by atoms with E-state index in [4.69, 9.17) is 4.74 Å². The Kier molecular flexibility index (Phi) is 4.27. The number of methoxy groups -OCH3 is 1. The first kappa shape index (κ1) is 10.6. The first-order valence-corrected chi connectivity index (χ1v) is 5.08. The van der Waals surface area contributed by atoms with Crippen molar-refractivity contribution in [2.24, 2.45) is 0 Å². The van der Waals surface area contributed by atoms with Crippen LogP contribution in [-0.4, -0.2) is 31.0 Å². The molecule has 74 valence electrons. The lowest BCUT2D eigenvalue weighted by Gasteiger charge is -2.02. The van der Waals surface area contributed by atoms with E-state index in [1.807, 2.05) is 7.05 Å². The van der Waals surface area contributed by atoms with Crippen LogP contribution in [-0.2, 0) is 11.2 Å². The Labute approximate surface area is 82.3 Å². The van der Waals surface area contributed by atoms with Crippen LogP contribution < -0.4 is 5.32 Å². The summed E-state index contributed by atoms with van der Waals surface area (Å²) < 4.78 is 4.97. The van der Waals surface area contributed by atoms with Crippen molar-refractivity contribution in [3.05, 3.63) is 10.0 Å². The highest BCUT2D eigenvalue weighted by Gasteiger charge is 2.09. The maximum atomic E-state index is 4.97. The van der Waals surface area contributed by atoms with Gasteiger partial charge in [-0.1, -0.05) is 11.3 Å². The highest BCUT2D eigenvalue weighted by molar-refractivity contribution is 7.11. The Balaban J connectivity index is 2.53. The molecule has 1 heterocycles. The van der Waals surface area contributed by atoms with Gasteiger partial charge in [-0.15, -0.1) is 10.2 Å². The van der Waals surface area contributed by atoms with Crippen LogP contribution >= 0.6 is 11.3 Å². The van der Waals surface area contributed by atoms with Crippen LogP contribution in [0.4, 0.5) is 0 Å². The SMILES string of the molecule is CNC(C)c1nnc(CCOC)s1. The molecule has 0 bridgehead atoms. The van der Waals surface area contributed by atoms with E-state index in [-0.39, 0.29) is 6.04 Å². The van der Waals surface area contributed by atoms with Crippen LogP contribution in [0.15, 0.2) is 0 Å². The molecule has 13 heavy (non-hydrogen) atoms. The number of hydrogen-bond donors (Lipinski definition) is 1. The smallest absolute Gasteiger partial charge is 0.134 e. The van der Waals surface area contributed by atoms with Crippen LogP contribution in [0.25, 0.3) is 0 Å². The van der Waals surface area contributed by atoms with Crippen molar-refractivity contribution in [3.63, 3.8) is 0 Å². The molecule has 0 radical (unpaired) electrons. The number of rotatable bonds is 5. The molecule has 0 aliphatic heterocycles. The summed E-state index contributed by atoms with van der Waals surface area (Å²) in [6, 6.07) is 0.286. The number of nitrogens with zero attached hydrogens (tertiary/aromatic N) is 2. The normalized spacial score (nSPS) is 13.2. The third-order valence-corrected chi connectivity index (χ3v) is 2.97. The average Bonchev–Trinajstić information content (AvgIpc) is 2.62. The Bertz CT molecular complexity index is 251. The van der Waals surface area contributed by atoms with Crippen LogP contribution in [0.2, 0.25) is 0 Å². The molecule has 5 heteroatoms. The van der Waals surface area contributed by atoms with Gasteiger partial charge in [0.05, 0.1) is 12.6 Å². The van der Waals surface area contributed by atoms with Gasteiger partial charge in [0.1, 0.15) is 10.0 Å². The molecule has 1 unspecified atom stereocenters. The molecule has 0 amide bonds. The van der Waals surface area contributed by atoms with Crippen LogP contribution in [0, 0.1) is 0 Å². The molecule has 0 aliphatic carbocycles. The Morgan fingerprint density at radius 1 is 1.54 bits per heavy atom. The minimum atomic E-state index is 0.286. The highest BCUT2D eigenvalue weighted by Crippen LogP contribution is 2.17. The van der Waals surface area contributed by atoms with Crippen LogP contribution in [0.5, 0.6) is 0 Å². The van der Waals surface area contributed by atoms with Gasteiger partial charge >= 0.3 is 0 Å². The number of hydrogen-bond acceptors (Lipinski definition) is 5. The van der Waals surface area contributed by atoms with Gasteiger partial charge in [-0.2, -0.15) is 0 Å². The topological polar surface area (TPSA) is 47.0 Å². The third-order valence-electron chi connectivity index (χ3n) is 1.81. The molecule has 0 saturated carbocycles. The summed E-state index contributed by atoms with van der Waals surface area (Å²) in [6.07, 6.45) is 0.852. The van der Waals surface area contributed by atoms with E-state index in [2.05, 4.69) is 22.4 Å². The van der Waals surface area contributed by atoms with E-state index in [1.165, 1.54) is 0 Å². The second kappa shape index (κ2) is 5.26. The standard InChI is InChI=1S/C8H15N3OS/c1-6(9-2)8-11-10-7(13-8)4-5-12-3/h6,9H,4-5H2,1-3H3. The van der Waals surface area contributed by atoms with Crippen molar-refractivity contribution in [3.8, 4) is 0 Å². The Morgan fingerprint density at radius 2 is 2.31 bits per heavy atom. The molecule has 1 N–H and O–H groups in total. The number of ether oxygens (including phenoxy) is 1. The zero-order chi connectivity index (χ0) is 9.68. The molecule has 0 fully saturated rings. The zero-order valence-electron chi connectivity index (χ0n) is 8.20. The second-order valence-electron chi connectivity index (χ2n) is 2.79. The van der Waals surface area contributed by atoms with E-state index in [0.29, 0.717) is 6.61 Å². The molecule has 0 spiro atoms. The molecule has 0 aliphatic rings.